The zero-order valence-corrected chi connectivity index (χ0v) is 10.6. The number of nitrogens with zero attached hydrogens (tertiary/aromatic N) is 1. The van der Waals surface area contributed by atoms with Crippen LogP contribution in [0.5, 0.6) is 0 Å². The minimum Gasteiger partial charge on any atom is -0.326 e. The van der Waals surface area contributed by atoms with Gasteiger partial charge in [0.15, 0.2) is 0 Å². The van der Waals surface area contributed by atoms with Gasteiger partial charge in [0.05, 0.1) is 6.54 Å². The lowest BCUT2D eigenvalue weighted by molar-refractivity contribution is -0.150. The minimum absolute atomic E-state index is 0.0723. The van der Waals surface area contributed by atoms with Gasteiger partial charge in [-0.25, -0.2) is 0 Å². The summed E-state index contributed by atoms with van der Waals surface area (Å²) in [6, 6.07) is 7.70. The van der Waals surface area contributed by atoms with Crippen LogP contribution in [0.4, 0.5) is 0 Å². The molecule has 0 aliphatic carbocycles. The summed E-state index contributed by atoms with van der Waals surface area (Å²) in [6.45, 7) is 2.76. The third kappa shape index (κ3) is 2.76. The molecule has 0 unspecified atom stereocenters. The number of carbonyl (C=O) groups is 2. The molecule has 0 aromatic heterocycles. The van der Waals surface area contributed by atoms with Crippen molar-refractivity contribution in [1.29, 1.82) is 0 Å². The lowest BCUT2D eigenvalue weighted by Crippen LogP contribution is -2.42. The number of imide groups is 1. The van der Waals surface area contributed by atoms with Gasteiger partial charge in [-0.1, -0.05) is 31.2 Å². The Hall–Kier alpha value is -1.68. The SMILES string of the molecule is CC1CC(=O)N(Cc2cccc(CN)c2)C(=O)C1. The maximum Gasteiger partial charge on any atom is 0.229 e. The van der Waals surface area contributed by atoms with Crippen molar-refractivity contribution in [3.05, 3.63) is 35.4 Å². The van der Waals surface area contributed by atoms with Crippen LogP contribution in [0.3, 0.4) is 0 Å². The zero-order valence-electron chi connectivity index (χ0n) is 10.6. The van der Waals surface area contributed by atoms with Crippen molar-refractivity contribution in [2.24, 2.45) is 11.7 Å². The molecule has 0 bridgehead atoms. The molecule has 1 heterocycles. The molecule has 96 valence electrons. The molecule has 0 spiro atoms. The molecule has 1 aromatic carbocycles. The first kappa shape index (κ1) is 12.8. The average molecular weight is 246 g/mol. The van der Waals surface area contributed by atoms with Crippen molar-refractivity contribution < 1.29 is 9.59 Å². The van der Waals surface area contributed by atoms with Crippen LogP contribution >= 0.6 is 0 Å². The predicted octanol–water partition coefficient (Wildman–Crippen LogP) is 1.43. The first-order valence-electron chi connectivity index (χ1n) is 6.21. The highest BCUT2D eigenvalue weighted by molar-refractivity contribution is 5.97. The van der Waals surface area contributed by atoms with E-state index in [9.17, 15) is 9.59 Å². The fourth-order valence-electron chi connectivity index (χ4n) is 2.24. The van der Waals surface area contributed by atoms with Gasteiger partial charge in [-0.05, 0) is 17.0 Å². The molecule has 1 aliphatic rings. The molecular weight excluding hydrogens is 228 g/mol. The van der Waals surface area contributed by atoms with Crippen LogP contribution in [-0.2, 0) is 22.7 Å². The average Bonchev–Trinajstić information content (AvgIpc) is 2.34. The lowest BCUT2D eigenvalue weighted by Gasteiger charge is -2.28. The Labute approximate surface area is 107 Å². The number of carbonyl (C=O) groups excluding carboxylic acids is 2. The Balaban J connectivity index is 2.12. The van der Waals surface area contributed by atoms with E-state index in [1.165, 1.54) is 4.90 Å². The molecule has 1 aromatic rings. The standard InChI is InChI=1S/C14H18N2O2/c1-10-5-13(17)16(14(18)6-10)9-12-4-2-3-11(7-12)8-15/h2-4,7,10H,5-6,8-9,15H2,1H3. The van der Waals surface area contributed by atoms with Gasteiger partial charge in [0, 0.05) is 19.4 Å². The van der Waals surface area contributed by atoms with Crippen molar-refractivity contribution in [3.8, 4) is 0 Å². The molecule has 1 aliphatic heterocycles. The van der Waals surface area contributed by atoms with Crippen LogP contribution in [0.2, 0.25) is 0 Å². The van der Waals surface area contributed by atoms with Crippen molar-refractivity contribution in [2.75, 3.05) is 0 Å². The molecule has 4 nitrogen and oxygen atoms in total. The molecule has 4 heteroatoms. The third-order valence-corrected chi connectivity index (χ3v) is 3.22. The second-order valence-electron chi connectivity index (χ2n) is 4.91. The van der Waals surface area contributed by atoms with Gasteiger partial charge in [0.2, 0.25) is 11.8 Å². The molecule has 2 N–H and O–H groups in total. The quantitative estimate of drug-likeness (QED) is 0.821. The highest BCUT2D eigenvalue weighted by Gasteiger charge is 2.30. The van der Waals surface area contributed by atoms with E-state index in [-0.39, 0.29) is 17.7 Å². The second kappa shape index (κ2) is 5.31. The van der Waals surface area contributed by atoms with E-state index in [0.717, 1.165) is 11.1 Å². The van der Waals surface area contributed by atoms with Crippen LogP contribution < -0.4 is 5.73 Å². The molecule has 0 saturated carbocycles. The van der Waals surface area contributed by atoms with Crippen LogP contribution in [0.25, 0.3) is 0 Å². The Morgan fingerprint density at radius 3 is 2.44 bits per heavy atom. The van der Waals surface area contributed by atoms with Gasteiger partial charge in [-0.3, -0.25) is 14.5 Å². The fraction of sp³-hybridized carbons (Fsp3) is 0.429. The summed E-state index contributed by atoms with van der Waals surface area (Å²) in [4.78, 5) is 25.1. The number of rotatable bonds is 3. The Bertz CT molecular complexity index is 453. The third-order valence-electron chi connectivity index (χ3n) is 3.22. The number of nitrogens with two attached hydrogens (primary N) is 1. The molecule has 18 heavy (non-hydrogen) atoms. The summed E-state index contributed by atoms with van der Waals surface area (Å²) < 4.78 is 0. The first-order valence-corrected chi connectivity index (χ1v) is 6.21. The number of benzene rings is 1. The minimum atomic E-state index is -0.0723. The largest absolute Gasteiger partial charge is 0.326 e. The van der Waals surface area contributed by atoms with E-state index in [1.54, 1.807) is 0 Å². The number of piperidine rings is 1. The highest BCUT2D eigenvalue weighted by Crippen LogP contribution is 2.21. The summed E-state index contributed by atoms with van der Waals surface area (Å²) in [5, 5.41) is 0. The van der Waals surface area contributed by atoms with E-state index in [2.05, 4.69) is 0 Å². The smallest absolute Gasteiger partial charge is 0.229 e. The van der Waals surface area contributed by atoms with Gasteiger partial charge in [-0.2, -0.15) is 0 Å². The molecule has 2 amide bonds. The van der Waals surface area contributed by atoms with Gasteiger partial charge >= 0.3 is 0 Å². The van der Waals surface area contributed by atoms with E-state index >= 15 is 0 Å². The predicted molar refractivity (Wildman–Crippen MR) is 68.3 cm³/mol. The Kier molecular flexibility index (Phi) is 3.77. The first-order chi connectivity index (χ1) is 8.60. The molecule has 0 atom stereocenters. The molecule has 1 fully saturated rings. The topological polar surface area (TPSA) is 63.4 Å². The van der Waals surface area contributed by atoms with Crippen molar-refractivity contribution in [1.82, 2.24) is 4.90 Å². The number of amides is 2. The maximum atomic E-state index is 11.9. The molecular formula is C14H18N2O2. The van der Waals surface area contributed by atoms with Crippen molar-refractivity contribution >= 4 is 11.8 Å². The summed E-state index contributed by atoms with van der Waals surface area (Å²) in [7, 11) is 0. The van der Waals surface area contributed by atoms with Crippen LogP contribution in [0, 0.1) is 5.92 Å². The number of hydrogen-bond donors (Lipinski definition) is 1. The summed E-state index contributed by atoms with van der Waals surface area (Å²) in [5.74, 6) is 0.0189. The van der Waals surface area contributed by atoms with E-state index in [0.29, 0.717) is 25.9 Å². The van der Waals surface area contributed by atoms with Gasteiger partial charge < -0.3 is 5.73 Å². The fourth-order valence-corrected chi connectivity index (χ4v) is 2.24. The highest BCUT2D eigenvalue weighted by atomic mass is 16.2. The monoisotopic (exact) mass is 246 g/mol. The zero-order chi connectivity index (χ0) is 13.1. The molecule has 1 saturated heterocycles. The van der Waals surface area contributed by atoms with Crippen molar-refractivity contribution in [3.63, 3.8) is 0 Å². The summed E-state index contributed by atoms with van der Waals surface area (Å²) in [5.41, 5.74) is 7.54. The van der Waals surface area contributed by atoms with Crippen LogP contribution in [0.15, 0.2) is 24.3 Å². The van der Waals surface area contributed by atoms with Crippen molar-refractivity contribution in [2.45, 2.75) is 32.9 Å². The van der Waals surface area contributed by atoms with Crippen LogP contribution in [0.1, 0.15) is 30.9 Å². The number of hydrogen-bond acceptors (Lipinski definition) is 3. The van der Waals surface area contributed by atoms with Gasteiger partial charge in [0.25, 0.3) is 0 Å². The van der Waals surface area contributed by atoms with E-state index in [4.69, 9.17) is 5.73 Å². The second-order valence-corrected chi connectivity index (χ2v) is 4.91. The molecule has 0 radical (unpaired) electrons. The van der Waals surface area contributed by atoms with Crippen LogP contribution in [-0.4, -0.2) is 16.7 Å². The van der Waals surface area contributed by atoms with Gasteiger partial charge in [-0.15, -0.1) is 0 Å². The number of likely N-dealkylation sites (tertiary alicyclic amines) is 1. The Morgan fingerprint density at radius 2 is 1.83 bits per heavy atom. The Morgan fingerprint density at radius 1 is 1.22 bits per heavy atom. The van der Waals surface area contributed by atoms with E-state index in [1.807, 2.05) is 31.2 Å². The lowest BCUT2D eigenvalue weighted by atomic mass is 9.97. The summed E-state index contributed by atoms with van der Waals surface area (Å²) in [6.07, 6.45) is 0.921. The van der Waals surface area contributed by atoms with Gasteiger partial charge in [0.1, 0.15) is 0 Å². The summed E-state index contributed by atoms with van der Waals surface area (Å²) >= 11 is 0. The molecule has 2 rings (SSSR count). The maximum absolute atomic E-state index is 11.9. The normalized spacial score (nSPS) is 17.3. The van der Waals surface area contributed by atoms with E-state index < -0.39 is 0 Å².